The number of phenols is 1. The van der Waals surface area contributed by atoms with Crippen molar-refractivity contribution in [2.45, 2.75) is 30.7 Å². The maximum atomic E-state index is 12.9. The van der Waals surface area contributed by atoms with Crippen LogP contribution in [0.4, 0.5) is 0 Å². The van der Waals surface area contributed by atoms with Gasteiger partial charge in [0.25, 0.3) is 0 Å². The quantitative estimate of drug-likeness (QED) is 0.370. The van der Waals surface area contributed by atoms with E-state index in [0.717, 1.165) is 6.07 Å². The number of methoxy groups -OCH3 is 1. The minimum absolute atomic E-state index is 0.0192. The average Bonchev–Trinajstić information content (AvgIpc) is 2.79. The van der Waals surface area contributed by atoms with Crippen LogP contribution in [0.2, 0.25) is 0 Å². The number of aliphatic hydroxyl groups is 4. The summed E-state index contributed by atoms with van der Waals surface area (Å²) in [5, 5.41) is 49.7. The average molecular weight is 446 g/mol. The molecule has 4 rings (SSSR count). The minimum Gasteiger partial charge on any atom is -0.507 e. The van der Waals surface area contributed by atoms with E-state index in [4.69, 9.17) is 18.6 Å². The van der Waals surface area contributed by atoms with E-state index < -0.39 is 48.5 Å². The number of hydrogen-bond acceptors (Lipinski definition) is 10. The van der Waals surface area contributed by atoms with Crippen molar-refractivity contribution in [2.24, 2.45) is 0 Å². The summed E-state index contributed by atoms with van der Waals surface area (Å²) in [6, 6.07) is 11.2. The van der Waals surface area contributed by atoms with Gasteiger partial charge in [-0.3, -0.25) is 4.79 Å². The van der Waals surface area contributed by atoms with Crippen molar-refractivity contribution in [1.29, 1.82) is 0 Å². The molecule has 0 aliphatic carbocycles. The number of aliphatic hydroxyl groups excluding tert-OH is 4. The molecule has 2 aromatic carbocycles. The second kappa shape index (κ2) is 8.77. The number of hydrogen-bond donors (Lipinski definition) is 5. The number of benzene rings is 2. The smallest absolute Gasteiger partial charge is 0.239 e. The fourth-order valence-electron chi connectivity index (χ4n) is 3.59. The van der Waals surface area contributed by atoms with Crippen LogP contribution in [0.15, 0.2) is 51.7 Å². The number of ether oxygens (including phenoxy) is 3. The molecule has 0 amide bonds. The van der Waals surface area contributed by atoms with Crippen LogP contribution in [0, 0.1) is 0 Å². The zero-order valence-corrected chi connectivity index (χ0v) is 16.9. The molecule has 1 saturated heterocycles. The first-order valence-corrected chi connectivity index (χ1v) is 9.76. The van der Waals surface area contributed by atoms with E-state index in [1.165, 1.54) is 13.2 Å². The molecule has 0 saturated carbocycles. The van der Waals surface area contributed by atoms with Gasteiger partial charge < -0.3 is 44.2 Å². The van der Waals surface area contributed by atoms with Crippen LogP contribution in [0.25, 0.3) is 22.3 Å². The molecule has 10 heteroatoms. The highest BCUT2D eigenvalue weighted by Gasteiger charge is 2.44. The van der Waals surface area contributed by atoms with Crippen molar-refractivity contribution in [3.8, 4) is 28.6 Å². The standard InChI is InChI=1S/C22H22O10/c1-29-21-17(26)15-12(24)7-11(8-13(15)31-20(21)10-5-3-2-4-6-10)30-22-19(28)18(27)16(25)14(9-23)32-22/h2-8,14,16,18-19,22-25,27-28H,9H2,1H3. The van der Waals surface area contributed by atoms with E-state index in [0.29, 0.717) is 5.56 Å². The molecule has 10 nitrogen and oxygen atoms in total. The van der Waals surface area contributed by atoms with E-state index in [9.17, 15) is 30.3 Å². The second-order valence-corrected chi connectivity index (χ2v) is 7.29. The molecule has 1 aliphatic rings. The van der Waals surface area contributed by atoms with Crippen molar-refractivity contribution in [2.75, 3.05) is 13.7 Å². The van der Waals surface area contributed by atoms with Gasteiger partial charge in [-0.2, -0.15) is 0 Å². The van der Waals surface area contributed by atoms with Gasteiger partial charge in [0.1, 0.15) is 46.9 Å². The van der Waals surface area contributed by atoms with Crippen LogP contribution in [-0.2, 0) is 4.74 Å². The van der Waals surface area contributed by atoms with E-state index in [1.807, 2.05) is 0 Å². The summed E-state index contributed by atoms with van der Waals surface area (Å²) >= 11 is 0. The lowest BCUT2D eigenvalue weighted by atomic mass is 9.99. The summed E-state index contributed by atoms with van der Waals surface area (Å²) in [5.74, 6) is -0.447. The summed E-state index contributed by atoms with van der Waals surface area (Å²) < 4.78 is 22.0. The molecule has 1 fully saturated rings. The number of fused-ring (bicyclic) bond motifs is 1. The molecular formula is C22H22O10. The fourth-order valence-corrected chi connectivity index (χ4v) is 3.59. The Morgan fingerprint density at radius 3 is 2.41 bits per heavy atom. The highest BCUT2D eigenvalue weighted by Crippen LogP contribution is 2.36. The summed E-state index contributed by atoms with van der Waals surface area (Å²) in [4.78, 5) is 12.9. The highest BCUT2D eigenvalue weighted by atomic mass is 16.7. The number of rotatable bonds is 5. The minimum atomic E-state index is -1.65. The zero-order chi connectivity index (χ0) is 23.0. The lowest BCUT2D eigenvalue weighted by Gasteiger charge is -2.39. The largest absolute Gasteiger partial charge is 0.507 e. The molecule has 1 aliphatic heterocycles. The van der Waals surface area contributed by atoms with Crippen LogP contribution in [-0.4, -0.2) is 70.0 Å². The Morgan fingerprint density at radius 2 is 1.75 bits per heavy atom. The topological polar surface area (TPSA) is 159 Å². The zero-order valence-electron chi connectivity index (χ0n) is 16.9. The molecular weight excluding hydrogens is 424 g/mol. The first-order valence-electron chi connectivity index (χ1n) is 9.76. The molecule has 0 bridgehead atoms. The van der Waals surface area contributed by atoms with Gasteiger partial charge in [-0.05, 0) is 0 Å². The molecule has 0 radical (unpaired) electrons. The molecule has 1 aromatic heterocycles. The third kappa shape index (κ3) is 3.78. The molecule has 5 N–H and O–H groups in total. The first-order chi connectivity index (χ1) is 15.3. The summed E-state index contributed by atoms with van der Waals surface area (Å²) in [6.07, 6.45) is -7.46. The van der Waals surface area contributed by atoms with Crippen molar-refractivity contribution >= 4 is 11.0 Å². The Bertz CT molecular complexity index is 1160. The van der Waals surface area contributed by atoms with E-state index in [-0.39, 0.29) is 28.2 Å². The van der Waals surface area contributed by atoms with Gasteiger partial charge in [-0.1, -0.05) is 30.3 Å². The van der Waals surface area contributed by atoms with Gasteiger partial charge in [0.2, 0.25) is 17.5 Å². The van der Waals surface area contributed by atoms with Crippen molar-refractivity contribution in [3.63, 3.8) is 0 Å². The lowest BCUT2D eigenvalue weighted by Crippen LogP contribution is -2.60. The van der Waals surface area contributed by atoms with Crippen molar-refractivity contribution in [1.82, 2.24) is 0 Å². The van der Waals surface area contributed by atoms with Crippen LogP contribution in [0.5, 0.6) is 17.2 Å². The summed E-state index contributed by atoms with van der Waals surface area (Å²) in [5.41, 5.74) is -0.0400. The highest BCUT2D eigenvalue weighted by molar-refractivity contribution is 5.88. The van der Waals surface area contributed by atoms with Crippen LogP contribution < -0.4 is 14.9 Å². The maximum Gasteiger partial charge on any atom is 0.239 e. The molecule has 170 valence electrons. The lowest BCUT2D eigenvalue weighted by molar-refractivity contribution is -0.277. The Morgan fingerprint density at radius 1 is 1.03 bits per heavy atom. The Hall–Kier alpha value is -3.15. The second-order valence-electron chi connectivity index (χ2n) is 7.29. The van der Waals surface area contributed by atoms with E-state index in [2.05, 4.69) is 0 Å². The summed E-state index contributed by atoms with van der Waals surface area (Å²) in [6.45, 7) is -0.622. The monoisotopic (exact) mass is 446 g/mol. The molecule has 2 heterocycles. The van der Waals surface area contributed by atoms with Crippen molar-refractivity contribution in [3.05, 3.63) is 52.7 Å². The molecule has 3 aromatic rings. The van der Waals surface area contributed by atoms with Gasteiger partial charge in [-0.25, -0.2) is 0 Å². The first kappa shape index (κ1) is 22.1. The fraction of sp³-hybridized carbons (Fsp3) is 0.318. The Labute approximate surface area is 181 Å². The number of phenolic OH excluding ortho intramolecular Hbond substituents is 1. The van der Waals surface area contributed by atoms with E-state index >= 15 is 0 Å². The Kier molecular flexibility index (Phi) is 6.04. The normalized spacial score (nSPS) is 25.6. The van der Waals surface area contributed by atoms with Gasteiger partial charge >= 0.3 is 0 Å². The van der Waals surface area contributed by atoms with Gasteiger partial charge in [0.15, 0.2) is 5.76 Å². The SMILES string of the molecule is COc1c(-c2ccccc2)oc2cc(OC3OC(CO)C(O)C(O)C3O)cc(O)c2c1=O. The Balaban J connectivity index is 1.77. The third-order valence-corrected chi connectivity index (χ3v) is 5.25. The molecule has 0 spiro atoms. The predicted molar refractivity (Wildman–Crippen MR) is 111 cm³/mol. The maximum absolute atomic E-state index is 12.9. The van der Waals surface area contributed by atoms with Gasteiger partial charge in [0.05, 0.1) is 13.7 Å². The third-order valence-electron chi connectivity index (χ3n) is 5.25. The van der Waals surface area contributed by atoms with Crippen molar-refractivity contribution < 1.29 is 44.2 Å². The molecule has 5 atom stereocenters. The molecule has 32 heavy (non-hydrogen) atoms. The van der Waals surface area contributed by atoms with E-state index in [1.54, 1.807) is 30.3 Å². The summed E-state index contributed by atoms with van der Waals surface area (Å²) in [7, 11) is 1.32. The van der Waals surface area contributed by atoms with Crippen LogP contribution >= 0.6 is 0 Å². The van der Waals surface area contributed by atoms with Gasteiger partial charge in [-0.15, -0.1) is 0 Å². The number of aromatic hydroxyl groups is 1. The van der Waals surface area contributed by atoms with Crippen LogP contribution in [0.1, 0.15) is 0 Å². The predicted octanol–water partition coefficient (Wildman–Crippen LogP) is 0.353. The van der Waals surface area contributed by atoms with Crippen LogP contribution in [0.3, 0.4) is 0 Å². The molecule has 5 unspecified atom stereocenters. The van der Waals surface area contributed by atoms with Gasteiger partial charge in [0, 0.05) is 17.7 Å².